The third-order valence-electron chi connectivity index (χ3n) is 3.23. The first-order valence-electron chi connectivity index (χ1n) is 6.88. The smallest absolute Gasteiger partial charge is 0.339 e. The van der Waals surface area contributed by atoms with Crippen LogP contribution in [-0.4, -0.2) is 39.2 Å². The Morgan fingerprint density at radius 2 is 1.77 bits per heavy atom. The van der Waals surface area contributed by atoms with Gasteiger partial charge in [-0.3, -0.25) is 4.79 Å². The molecule has 122 valence electrons. The van der Waals surface area contributed by atoms with Crippen molar-refractivity contribution in [2.24, 2.45) is 5.92 Å². The van der Waals surface area contributed by atoms with E-state index in [1.54, 1.807) is 0 Å². The van der Waals surface area contributed by atoms with Crippen molar-refractivity contribution in [3.05, 3.63) is 29.8 Å². The van der Waals surface area contributed by atoms with Crippen molar-refractivity contribution in [3.63, 3.8) is 0 Å². The number of amides is 1. The molecule has 0 aliphatic heterocycles. The summed E-state index contributed by atoms with van der Waals surface area (Å²) in [4.78, 5) is 23.5. The molecule has 1 N–H and O–H groups in total. The molecule has 0 radical (unpaired) electrons. The van der Waals surface area contributed by atoms with Gasteiger partial charge in [-0.25, -0.2) is 13.2 Å². The van der Waals surface area contributed by atoms with Crippen molar-refractivity contribution in [3.8, 4) is 0 Å². The van der Waals surface area contributed by atoms with Gasteiger partial charge in [-0.2, -0.15) is 0 Å². The van der Waals surface area contributed by atoms with E-state index in [0.29, 0.717) is 0 Å². The molecular formula is C15H21NO5S. The highest BCUT2D eigenvalue weighted by molar-refractivity contribution is 7.90. The Morgan fingerprint density at radius 1 is 1.18 bits per heavy atom. The topological polar surface area (TPSA) is 89.5 Å². The maximum atomic E-state index is 12.0. The van der Waals surface area contributed by atoms with Crippen molar-refractivity contribution < 1.29 is 22.7 Å². The van der Waals surface area contributed by atoms with E-state index >= 15 is 0 Å². The van der Waals surface area contributed by atoms with Gasteiger partial charge in [0, 0.05) is 12.3 Å². The lowest BCUT2D eigenvalue weighted by atomic mass is 10.1. The van der Waals surface area contributed by atoms with E-state index in [9.17, 15) is 18.0 Å². The van der Waals surface area contributed by atoms with Gasteiger partial charge in [-0.15, -0.1) is 0 Å². The average Bonchev–Trinajstić information content (AvgIpc) is 2.43. The van der Waals surface area contributed by atoms with Crippen LogP contribution in [0.3, 0.4) is 0 Å². The van der Waals surface area contributed by atoms with E-state index in [4.69, 9.17) is 4.74 Å². The molecule has 0 saturated heterocycles. The highest BCUT2D eigenvalue weighted by Gasteiger charge is 2.20. The Bertz CT molecular complexity index is 652. The fourth-order valence-electron chi connectivity index (χ4n) is 1.63. The van der Waals surface area contributed by atoms with Crippen LogP contribution in [0.25, 0.3) is 0 Å². The minimum Gasteiger partial charge on any atom is -0.452 e. The van der Waals surface area contributed by atoms with Crippen LogP contribution in [0.15, 0.2) is 29.2 Å². The van der Waals surface area contributed by atoms with Gasteiger partial charge in [-0.05, 0) is 25.0 Å². The molecule has 0 aliphatic carbocycles. The molecule has 1 atom stereocenters. The summed E-state index contributed by atoms with van der Waals surface area (Å²) >= 11 is 0. The molecule has 0 fully saturated rings. The Morgan fingerprint density at radius 3 is 2.32 bits per heavy atom. The van der Waals surface area contributed by atoms with E-state index in [2.05, 4.69) is 5.32 Å². The minimum absolute atomic E-state index is 0.0468. The number of sulfone groups is 1. The second-order valence-corrected chi connectivity index (χ2v) is 7.43. The Kier molecular flexibility index (Phi) is 6.11. The van der Waals surface area contributed by atoms with Crippen molar-refractivity contribution >= 4 is 21.7 Å². The van der Waals surface area contributed by atoms with E-state index in [-0.39, 0.29) is 22.4 Å². The largest absolute Gasteiger partial charge is 0.452 e. The van der Waals surface area contributed by atoms with Gasteiger partial charge in [0.25, 0.3) is 5.91 Å². The SMILES string of the molecule is CC(C)[C@@H](C)NC(=O)COC(=O)c1ccccc1S(C)(=O)=O. The summed E-state index contributed by atoms with van der Waals surface area (Å²) in [6, 6.07) is 5.69. The standard InChI is InChI=1S/C15H21NO5S/c1-10(2)11(3)16-14(17)9-21-15(18)12-7-5-6-8-13(12)22(4,19)20/h5-8,10-11H,9H2,1-4H3,(H,16,17)/t11-/m1/s1. The zero-order valence-electron chi connectivity index (χ0n) is 13.1. The molecule has 6 nitrogen and oxygen atoms in total. The van der Waals surface area contributed by atoms with Gasteiger partial charge >= 0.3 is 5.97 Å². The minimum atomic E-state index is -3.55. The first-order valence-corrected chi connectivity index (χ1v) is 8.77. The summed E-state index contributed by atoms with van der Waals surface area (Å²) < 4.78 is 28.2. The van der Waals surface area contributed by atoms with Gasteiger partial charge in [0.05, 0.1) is 10.5 Å². The van der Waals surface area contributed by atoms with Crippen molar-refractivity contribution in [1.82, 2.24) is 5.32 Å². The fraction of sp³-hybridized carbons (Fsp3) is 0.467. The molecule has 7 heteroatoms. The third kappa shape index (κ3) is 5.14. The van der Waals surface area contributed by atoms with E-state index in [1.165, 1.54) is 24.3 Å². The number of esters is 1. The zero-order chi connectivity index (χ0) is 16.9. The van der Waals surface area contributed by atoms with Crippen LogP contribution >= 0.6 is 0 Å². The first kappa shape index (κ1) is 18.2. The molecule has 0 aromatic heterocycles. The molecule has 0 saturated carbocycles. The third-order valence-corrected chi connectivity index (χ3v) is 4.38. The monoisotopic (exact) mass is 327 g/mol. The van der Waals surface area contributed by atoms with Crippen LogP contribution in [0.4, 0.5) is 0 Å². The molecule has 0 spiro atoms. The summed E-state index contributed by atoms with van der Waals surface area (Å²) in [5.74, 6) is -1.01. The Labute approximate surface area is 130 Å². The van der Waals surface area contributed by atoms with Gasteiger partial charge in [0.2, 0.25) is 0 Å². The van der Waals surface area contributed by atoms with Crippen LogP contribution in [-0.2, 0) is 19.4 Å². The van der Waals surface area contributed by atoms with Crippen LogP contribution in [0.1, 0.15) is 31.1 Å². The molecule has 0 unspecified atom stereocenters. The highest BCUT2D eigenvalue weighted by Crippen LogP contribution is 2.16. The van der Waals surface area contributed by atoms with Crippen LogP contribution < -0.4 is 5.32 Å². The van der Waals surface area contributed by atoms with Gasteiger partial charge in [0.1, 0.15) is 0 Å². The summed E-state index contributed by atoms with van der Waals surface area (Å²) in [5, 5.41) is 2.70. The predicted molar refractivity (Wildman–Crippen MR) is 82.3 cm³/mol. The highest BCUT2D eigenvalue weighted by atomic mass is 32.2. The van der Waals surface area contributed by atoms with Gasteiger partial charge < -0.3 is 10.1 Å². The molecular weight excluding hydrogens is 306 g/mol. The normalized spacial score (nSPS) is 12.8. The number of ether oxygens (including phenoxy) is 1. The van der Waals surface area contributed by atoms with E-state index in [1.807, 2.05) is 20.8 Å². The summed E-state index contributed by atoms with van der Waals surface area (Å²) in [6.07, 6.45) is 1.01. The Balaban J connectivity index is 2.74. The Hall–Kier alpha value is -1.89. The number of hydrogen-bond donors (Lipinski definition) is 1. The van der Waals surface area contributed by atoms with Crippen LogP contribution in [0.2, 0.25) is 0 Å². The molecule has 1 rings (SSSR count). The molecule has 0 aliphatic rings. The number of hydrogen-bond acceptors (Lipinski definition) is 5. The van der Waals surface area contributed by atoms with Crippen LogP contribution in [0.5, 0.6) is 0 Å². The summed E-state index contributed by atoms with van der Waals surface area (Å²) in [7, 11) is -3.55. The van der Waals surface area contributed by atoms with E-state index < -0.39 is 28.3 Å². The quantitative estimate of drug-likeness (QED) is 0.798. The van der Waals surface area contributed by atoms with Gasteiger partial charge in [0.15, 0.2) is 16.4 Å². The van der Waals surface area contributed by atoms with Crippen molar-refractivity contribution in [2.45, 2.75) is 31.7 Å². The molecule has 22 heavy (non-hydrogen) atoms. The second-order valence-electron chi connectivity index (χ2n) is 5.44. The predicted octanol–water partition coefficient (Wildman–Crippen LogP) is 1.41. The second kappa shape index (κ2) is 7.40. The summed E-state index contributed by atoms with van der Waals surface area (Å²) in [6.45, 7) is 5.32. The number of carbonyl (C=O) groups is 2. The molecule has 1 amide bonds. The van der Waals surface area contributed by atoms with Crippen LogP contribution in [0, 0.1) is 5.92 Å². The number of rotatable bonds is 6. The zero-order valence-corrected chi connectivity index (χ0v) is 13.9. The number of nitrogens with one attached hydrogen (secondary N) is 1. The molecule has 0 heterocycles. The lowest BCUT2D eigenvalue weighted by Crippen LogP contribution is -2.38. The molecule has 1 aromatic carbocycles. The van der Waals surface area contributed by atoms with Crippen molar-refractivity contribution in [2.75, 3.05) is 12.9 Å². The number of benzene rings is 1. The van der Waals surface area contributed by atoms with E-state index in [0.717, 1.165) is 6.26 Å². The lowest BCUT2D eigenvalue weighted by Gasteiger charge is -2.17. The molecule has 1 aromatic rings. The van der Waals surface area contributed by atoms with Crippen molar-refractivity contribution in [1.29, 1.82) is 0 Å². The first-order chi connectivity index (χ1) is 10.1. The maximum Gasteiger partial charge on any atom is 0.339 e. The summed E-state index contributed by atoms with van der Waals surface area (Å²) in [5.41, 5.74) is -0.0743. The molecule has 0 bridgehead atoms. The average molecular weight is 327 g/mol. The van der Waals surface area contributed by atoms with Gasteiger partial charge in [-0.1, -0.05) is 26.0 Å². The number of carbonyl (C=O) groups excluding carboxylic acids is 2. The fourth-order valence-corrected chi connectivity index (χ4v) is 2.51. The lowest BCUT2D eigenvalue weighted by molar-refractivity contribution is -0.125. The maximum absolute atomic E-state index is 12.0.